The Labute approximate surface area is 168 Å². The van der Waals surface area contributed by atoms with Gasteiger partial charge in [-0.2, -0.15) is 0 Å². The number of rotatable bonds is 2. The summed E-state index contributed by atoms with van der Waals surface area (Å²) in [6.07, 6.45) is 3.99. The number of nitrogens with zero attached hydrogens (tertiary/aromatic N) is 3. The summed E-state index contributed by atoms with van der Waals surface area (Å²) in [6.45, 7) is 4.13. The lowest BCUT2D eigenvalue weighted by Gasteiger charge is -2.34. The number of hydrogen-bond donors (Lipinski definition) is 2. The molecule has 2 aliphatic heterocycles. The number of benzene rings is 1. The molecule has 2 amide bonds. The molecule has 5 rings (SSSR count). The molecule has 2 unspecified atom stereocenters. The van der Waals surface area contributed by atoms with Gasteiger partial charge in [0.05, 0.1) is 6.04 Å². The first-order valence-corrected chi connectivity index (χ1v) is 9.67. The second-order valence-corrected chi connectivity index (χ2v) is 7.70. The molecular formula is C22H21N5O2. The zero-order valence-corrected chi connectivity index (χ0v) is 16.3. The van der Waals surface area contributed by atoms with Gasteiger partial charge < -0.3 is 15.2 Å². The van der Waals surface area contributed by atoms with Crippen LogP contribution in [0.4, 0.5) is 5.69 Å². The zero-order chi connectivity index (χ0) is 20.2. The first-order valence-electron chi connectivity index (χ1n) is 9.67. The summed E-state index contributed by atoms with van der Waals surface area (Å²) in [5.41, 5.74) is 2.88. The standard InChI is InChI=1S/C22H21N5O2/c1-13-18(25-14(2)24-13)20(28)27-11-9-22(19(27)15-6-5-10-23-12-15)16-7-3-4-8-17(16)26-21(22)29/h3-8,10,12,19H,9,11H2,1-2H3,(H,24,25)(H,26,29). The summed E-state index contributed by atoms with van der Waals surface area (Å²) in [6, 6.07) is 11.1. The molecule has 2 atom stereocenters. The number of imidazole rings is 1. The smallest absolute Gasteiger partial charge is 0.274 e. The van der Waals surface area contributed by atoms with E-state index in [0.717, 1.165) is 22.5 Å². The van der Waals surface area contributed by atoms with Crippen LogP contribution < -0.4 is 5.32 Å². The number of carbonyl (C=O) groups is 2. The molecule has 3 aromatic rings. The van der Waals surface area contributed by atoms with E-state index in [1.807, 2.05) is 50.2 Å². The van der Waals surface area contributed by atoms with Crippen LogP contribution in [0.5, 0.6) is 0 Å². The van der Waals surface area contributed by atoms with Gasteiger partial charge in [0, 0.05) is 30.3 Å². The SMILES string of the molecule is Cc1nc(C(=O)N2CCC3(C(=O)Nc4ccccc43)C2c2cccnc2)c(C)[nH]1. The van der Waals surface area contributed by atoms with E-state index in [2.05, 4.69) is 20.3 Å². The first-order chi connectivity index (χ1) is 14.0. The Hall–Kier alpha value is -3.48. The number of amides is 2. The number of aryl methyl sites for hydroxylation is 2. The third kappa shape index (κ3) is 2.43. The fourth-order valence-corrected chi connectivity index (χ4v) is 4.86. The van der Waals surface area contributed by atoms with Gasteiger partial charge in [0.15, 0.2) is 0 Å². The summed E-state index contributed by atoms with van der Waals surface area (Å²) in [4.78, 5) is 40.4. The zero-order valence-electron chi connectivity index (χ0n) is 16.3. The fourth-order valence-electron chi connectivity index (χ4n) is 4.86. The highest BCUT2D eigenvalue weighted by molar-refractivity contribution is 6.08. The summed E-state index contributed by atoms with van der Waals surface area (Å²) in [5, 5.41) is 3.03. The number of fused-ring (bicyclic) bond motifs is 2. The molecule has 1 spiro atoms. The highest BCUT2D eigenvalue weighted by Crippen LogP contribution is 2.54. The molecule has 2 aliphatic rings. The fraction of sp³-hybridized carbons (Fsp3) is 0.273. The largest absolute Gasteiger partial charge is 0.346 e. The van der Waals surface area contributed by atoms with Crippen LogP contribution in [-0.4, -0.2) is 38.2 Å². The van der Waals surface area contributed by atoms with E-state index in [1.54, 1.807) is 17.3 Å². The Balaban J connectivity index is 1.68. The number of hydrogen-bond acceptors (Lipinski definition) is 4. The molecule has 146 valence electrons. The summed E-state index contributed by atoms with van der Waals surface area (Å²) in [7, 11) is 0. The van der Waals surface area contributed by atoms with E-state index in [-0.39, 0.29) is 11.8 Å². The van der Waals surface area contributed by atoms with E-state index in [0.29, 0.717) is 24.5 Å². The van der Waals surface area contributed by atoms with Crippen molar-refractivity contribution in [3.05, 3.63) is 77.1 Å². The normalized spacial score (nSPS) is 22.8. The number of para-hydroxylation sites is 1. The molecule has 0 saturated carbocycles. The monoisotopic (exact) mass is 387 g/mol. The van der Waals surface area contributed by atoms with Crippen LogP contribution in [0, 0.1) is 13.8 Å². The minimum absolute atomic E-state index is 0.0715. The molecule has 7 heteroatoms. The molecule has 29 heavy (non-hydrogen) atoms. The van der Waals surface area contributed by atoms with Gasteiger partial charge in [-0.05, 0) is 43.5 Å². The molecule has 7 nitrogen and oxygen atoms in total. The van der Waals surface area contributed by atoms with Crippen LogP contribution in [0.25, 0.3) is 0 Å². The molecular weight excluding hydrogens is 366 g/mol. The lowest BCUT2D eigenvalue weighted by atomic mass is 9.73. The molecule has 1 fully saturated rings. The number of likely N-dealkylation sites (tertiary alicyclic amines) is 1. The van der Waals surface area contributed by atoms with Gasteiger partial charge in [0.2, 0.25) is 5.91 Å². The maximum Gasteiger partial charge on any atom is 0.274 e. The summed E-state index contributed by atoms with van der Waals surface area (Å²) in [5.74, 6) is 0.453. The van der Waals surface area contributed by atoms with Crippen molar-refractivity contribution in [1.29, 1.82) is 0 Å². The van der Waals surface area contributed by atoms with Crippen LogP contribution >= 0.6 is 0 Å². The van der Waals surface area contributed by atoms with Crippen molar-refractivity contribution in [3.63, 3.8) is 0 Å². The van der Waals surface area contributed by atoms with Crippen molar-refractivity contribution < 1.29 is 9.59 Å². The third-order valence-electron chi connectivity index (χ3n) is 6.05. The molecule has 1 aromatic carbocycles. The highest BCUT2D eigenvalue weighted by Gasteiger charge is 2.59. The minimum Gasteiger partial charge on any atom is -0.346 e. The van der Waals surface area contributed by atoms with Crippen molar-refractivity contribution in [1.82, 2.24) is 19.9 Å². The van der Waals surface area contributed by atoms with E-state index in [1.165, 1.54) is 0 Å². The predicted molar refractivity (Wildman–Crippen MR) is 107 cm³/mol. The maximum absolute atomic E-state index is 13.5. The third-order valence-corrected chi connectivity index (χ3v) is 6.05. The van der Waals surface area contributed by atoms with Gasteiger partial charge in [0.25, 0.3) is 5.91 Å². The number of aromatic nitrogens is 3. The van der Waals surface area contributed by atoms with Crippen LogP contribution in [0.1, 0.15) is 45.6 Å². The summed E-state index contributed by atoms with van der Waals surface area (Å²) >= 11 is 0. The lowest BCUT2D eigenvalue weighted by Crippen LogP contribution is -2.42. The second-order valence-electron chi connectivity index (χ2n) is 7.70. The first kappa shape index (κ1) is 17.6. The lowest BCUT2D eigenvalue weighted by molar-refractivity contribution is -0.121. The number of nitrogens with one attached hydrogen (secondary N) is 2. The Bertz CT molecular complexity index is 1120. The van der Waals surface area contributed by atoms with Crippen molar-refractivity contribution >= 4 is 17.5 Å². The number of carbonyl (C=O) groups excluding carboxylic acids is 2. The molecule has 0 bridgehead atoms. The van der Waals surface area contributed by atoms with Crippen molar-refractivity contribution in [2.45, 2.75) is 31.7 Å². The predicted octanol–water partition coefficient (Wildman–Crippen LogP) is 2.90. The average Bonchev–Trinajstić information content (AvgIpc) is 3.37. The van der Waals surface area contributed by atoms with Gasteiger partial charge >= 0.3 is 0 Å². The second kappa shape index (κ2) is 6.27. The van der Waals surface area contributed by atoms with Gasteiger partial charge in [-0.25, -0.2) is 4.98 Å². The Kier molecular flexibility index (Phi) is 3.81. The van der Waals surface area contributed by atoms with Gasteiger partial charge in [-0.3, -0.25) is 14.6 Å². The Morgan fingerprint density at radius 1 is 1.21 bits per heavy atom. The van der Waals surface area contributed by atoms with E-state index in [9.17, 15) is 9.59 Å². The molecule has 0 radical (unpaired) electrons. The number of aromatic amines is 1. The number of pyridine rings is 1. The van der Waals surface area contributed by atoms with Gasteiger partial charge in [0.1, 0.15) is 16.9 Å². The number of H-pyrrole nitrogens is 1. The molecule has 2 aromatic heterocycles. The van der Waals surface area contributed by atoms with E-state index < -0.39 is 11.5 Å². The molecule has 2 N–H and O–H groups in total. The quantitative estimate of drug-likeness (QED) is 0.707. The average molecular weight is 387 g/mol. The minimum atomic E-state index is -0.839. The topological polar surface area (TPSA) is 91.0 Å². The van der Waals surface area contributed by atoms with Crippen molar-refractivity contribution in [2.75, 3.05) is 11.9 Å². The maximum atomic E-state index is 13.5. The van der Waals surface area contributed by atoms with Crippen LogP contribution in [0.3, 0.4) is 0 Å². The number of anilines is 1. The molecule has 4 heterocycles. The van der Waals surface area contributed by atoms with Crippen LogP contribution in [0.15, 0.2) is 48.8 Å². The van der Waals surface area contributed by atoms with Gasteiger partial charge in [-0.1, -0.05) is 24.3 Å². The van der Waals surface area contributed by atoms with Crippen LogP contribution in [0.2, 0.25) is 0 Å². The van der Waals surface area contributed by atoms with E-state index in [4.69, 9.17) is 0 Å². The molecule has 1 saturated heterocycles. The Morgan fingerprint density at radius 2 is 2.03 bits per heavy atom. The summed E-state index contributed by atoms with van der Waals surface area (Å²) < 4.78 is 0. The molecule has 0 aliphatic carbocycles. The van der Waals surface area contributed by atoms with Crippen molar-refractivity contribution in [3.8, 4) is 0 Å². The van der Waals surface area contributed by atoms with E-state index >= 15 is 0 Å². The highest BCUT2D eigenvalue weighted by atomic mass is 16.2. The van der Waals surface area contributed by atoms with Crippen LogP contribution in [-0.2, 0) is 10.2 Å². The van der Waals surface area contributed by atoms with Gasteiger partial charge in [-0.15, -0.1) is 0 Å². The van der Waals surface area contributed by atoms with Crippen molar-refractivity contribution in [2.24, 2.45) is 0 Å². The Morgan fingerprint density at radius 3 is 2.76 bits per heavy atom.